The van der Waals surface area contributed by atoms with Crippen LogP contribution in [-0.2, 0) is 12.8 Å². The second-order valence-corrected chi connectivity index (χ2v) is 2.95. The first-order valence-corrected chi connectivity index (χ1v) is 4.03. The Morgan fingerprint density at radius 3 is 2.20 bits per heavy atom. The first-order valence-electron chi connectivity index (χ1n) is 4.03. The molecule has 0 aliphatic carbocycles. The van der Waals surface area contributed by atoms with E-state index < -0.39 is 30.9 Å². The molecule has 1 aromatic rings. The zero-order valence-electron chi connectivity index (χ0n) is 7.49. The minimum absolute atomic E-state index is 0.0618. The van der Waals surface area contributed by atoms with E-state index in [4.69, 9.17) is 15.2 Å². The monoisotopic (exact) mass is 220 g/mol. The summed E-state index contributed by atoms with van der Waals surface area (Å²) in [5.41, 5.74) is -1.71. The van der Waals surface area contributed by atoms with Crippen LogP contribution in [0.1, 0.15) is 11.1 Å². The van der Waals surface area contributed by atoms with Crippen molar-refractivity contribution in [2.75, 3.05) is 0 Å². The molecule has 0 aliphatic heterocycles. The molecule has 15 heavy (non-hydrogen) atoms. The smallest absolute Gasteiger partial charge is 0.423 e. The van der Waals surface area contributed by atoms with Crippen LogP contribution in [0, 0.1) is 0 Å². The Morgan fingerprint density at radius 2 is 1.80 bits per heavy atom. The molecule has 0 fully saturated rings. The molecule has 0 heterocycles. The number of aliphatic hydroxyl groups excluding tert-OH is 1. The molecule has 0 aromatic heterocycles. The van der Waals surface area contributed by atoms with Crippen LogP contribution in [-0.4, -0.2) is 22.3 Å². The average molecular weight is 220 g/mol. The average Bonchev–Trinajstić information content (AvgIpc) is 2.15. The Kier molecular flexibility index (Phi) is 3.38. The van der Waals surface area contributed by atoms with Gasteiger partial charge < -0.3 is 15.2 Å². The van der Waals surface area contributed by atoms with Gasteiger partial charge in [0.1, 0.15) is 0 Å². The first-order chi connectivity index (χ1) is 6.86. The zero-order chi connectivity index (χ0) is 11.6. The van der Waals surface area contributed by atoms with Crippen LogP contribution in [0.2, 0.25) is 0 Å². The number of benzene rings is 1. The van der Waals surface area contributed by atoms with Crippen molar-refractivity contribution >= 4 is 12.6 Å². The van der Waals surface area contributed by atoms with E-state index in [9.17, 15) is 13.2 Å². The molecule has 3 N–H and O–H groups in total. The lowest BCUT2D eigenvalue weighted by Gasteiger charge is -2.13. The second kappa shape index (κ2) is 4.22. The van der Waals surface area contributed by atoms with Crippen molar-refractivity contribution in [3.8, 4) is 0 Å². The lowest BCUT2D eigenvalue weighted by atomic mass is 9.76. The summed E-state index contributed by atoms with van der Waals surface area (Å²) in [6.07, 6.45) is -4.68. The van der Waals surface area contributed by atoms with E-state index in [2.05, 4.69) is 0 Å². The van der Waals surface area contributed by atoms with E-state index in [-0.39, 0.29) is 5.56 Å². The number of rotatable bonds is 2. The minimum atomic E-state index is -4.68. The van der Waals surface area contributed by atoms with E-state index in [1.807, 2.05) is 0 Å². The molecule has 0 radical (unpaired) electrons. The van der Waals surface area contributed by atoms with Gasteiger partial charge in [-0.05, 0) is 17.1 Å². The molecule has 0 unspecified atom stereocenters. The normalized spacial score (nSPS) is 11.6. The Bertz CT molecular complexity index is 351. The number of halogens is 3. The van der Waals surface area contributed by atoms with Crippen LogP contribution in [0.4, 0.5) is 13.2 Å². The third-order valence-corrected chi connectivity index (χ3v) is 1.88. The summed E-state index contributed by atoms with van der Waals surface area (Å²) in [6, 6.07) is 2.82. The molecule has 7 heteroatoms. The lowest BCUT2D eigenvalue weighted by molar-refractivity contribution is -0.136. The maximum atomic E-state index is 12.4. The van der Waals surface area contributed by atoms with Gasteiger partial charge in [-0.15, -0.1) is 0 Å². The highest BCUT2D eigenvalue weighted by atomic mass is 19.4. The van der Waals surface area contributed by atoms with Gasteiger partial charge in [0.15, 0.2) is 0 Å². The SMILES string of the molecule is OCc1ccc(B(O)O)c(C(F)(F)F)c1. The molecule has 0 amide bonds. The summed E-state index contributed by atoms with van der Waals surface area (Å²) in [7, 11) is -2.19. The zero-order valence-corrected chi connectivity index (χ0v) is 7.49. The maximum Gasteiger partial charge on any atom is 0.489 e. The van der Waals surface area contributed by atoms with E-state index >= 15 is 0 Å². The number of alkyl halides is 3. The van der Waals surface area contributed by atoms with Crippen molar-refractivity contribution in [3.05, 3.63) is 29.3 Å². The standard InChI is InChI=1S/C8H8BF3O3/c10-8(11,12)6-3-5(4-13)1-2-7(6)9(14)15/h1-3,13-15H,4H2. The van der Waals surface area contributed by atoms with Crippen molar-refractivity contribution in [2.24, 2.45) is 0 Å². The van der Waals surface area contributed by atoms with Gasteiger partial charge in [-0.1, -0.05) is 12.1 Å². The molecule has 3 nitrogen and oxygen atoms in total. The van der Waals surface area contributed by atoms with Gasteiger partial charge in [0.2, 0.25) is 0 Å². The molecule has 0 bridgehead atoms. The molecule has 0 aliphatic rings. The molecule has 82 valence electrons. The molecule has 1 rings (SSSR count). The van der Waals surface area contributed by atoms with Crippen LogP contribution in [0.3, 0.4) is 0 Å². The van der Waals surface area contributed by atoms with E-state index in [1.54, 1.807) is 0 Å². The summed E-state index contributed by atoms with van der Waals surface area (Å²) in [5.74, 6) is 0. The van der Waals surface area contributed by atoms with Crippen molar-refractivity contribution < 1.29 is 28.3 Å². The Balaban J connectivity index is 3.29. The van der Waals surface area contributed by atoms with E-state index in [0.29, 0.717) is 6.07 Å². The Morgan fingerprint density at radius 1 is 1.20 bits per heavy atom. The number of hydrogen-bond donors (Lipinski definition) is 3. The molecule has 1 aromatic carbocycles. The topological polar surface area (TPSA) is 60.7 Å². The van der Waals surface area contributed by atoms with E-state index in [0.717, 1.165) is 6.07 Å². The minimum Gasteiger partial charge on any atom is -0.423 e. The lowest BCUT2D eigenvalue weighted by Crippen LogP contribution is -2.36. The largest absolute Gasteiger partial charge is 0.489 e. The summed E-state index contributed by atoms with van der Waals surface area (Å²) in [4.78, 5) is 0. The van der Waals surface area contributed by atoms with Gasteiger partial charge in [-0.2, -0.15) is 13.2 Å². The van der Waals surface area contributed by atoms with Gasteiger partial charge in [-0.25, -0.2) is 0 Å². The fraction of sp³-hybridized carbons (Fsp3) is 0.250. The maximum absolute atomic E-state index is 12.4. The fourth-order valence-corrected chi connectivity index (χ4v) is 1.17. The fourth-order valence-electron chi connectivity index (χ4n) is 1.17. The van der Waals surface area contributed by atoms with Crippen LogP contribution < -0.4 is 5.46 Å². The first kappa shape index (κ1) is 12.0. The predicted molar refractivity (Wildman–Crippen MR) is 47.2 cm³/mol. The highest BCUT2D eigenvalue weighted by molar-refractivity contribution is 6.59. The quantitative estimate of drug-likeness (QED) is 0.608. The van der Waals surface area contributed by atoms with Crippen LogP contribution in [0.25, 0.3) is 0 Å². The number of aliphatic hydroxyl groups is 1. The van der Waals surface area contributed by atoms with Gasteiger partial charge in [-0.3, -0.25) is 0 Å². The summed E-state index contributed by atoms with van der Waals surface area (Å²) in [6.45, 7) is -0.537. The van der Waals surface area contributed by atoms with Crippen LogP contribution in [0.15, 0.2) is 18.2 Å². The van der Waals surface area contributed by atoms with Gasteiger partial charge in [0.05, 0.1) is 12.2 Å². The van der Waals surface area contributed by atoms with Crippen molar-refractivity contribution in [1.82, 2.24) is 0 Å². The van der Waals surface area contributed by atoms with Gasteiger partial charge >= 0.3 is 13.3 Å². The van der Waals surface area contributed by atoms with Crippen molar-refractivity contribution in [2.45, 2.75) is 12.8 Å². The molecular formula is C8H8BF3O3. The van der Waals surface area contributed by atoms with Crippen LogP contribution in [0.5, 0.6) is 0 Å². The summed E-state index contributed by atoms with van der Waals surface area (Å²) >= 11 is 0. The third kappa shape index (κ3) is 2.71. The highest BCUT2D eigenvalue weighted by Gasteiger charge is 2.36. The third-order valence-electron chi connectivity index (χ3n) is 1.88. The van der Waals surface area contributed by atoms with Crippen molar-refractivity contribution in [3.63, 3.8) is 0 Å². The predicted octanol–water partition coefficient (Wildman–Crippen LogP) is -0.122. The second-order valence-electron chi connectivity index (χ2n) is 2.95. The molecule has 0 saturated carbocycles. The Labute approximate surface area is 83.9 Å². The summed E-state index contributed by atoms with van der Waals surface area (Å²) in [5, 5.41) is 26.1. The highest BCUT2D eigenvalue weighted by Crippen LogP contribution is 2.28. The van der Waals surface area contributed by atoms with Gasteiger partial charge in [0, 0.05) is 0 Å². The molecule has 0 spiro atoms. The summed E-state index contributed by atoms with van der Waals surface area (Å²) < 4.78 is 37.3. The van der Waals surface area contributed by atoms with Gasteiger partial charge in [0.25, 0.3) is 0 Å². The van der Waals surface area contributed by atoms with Crippen LogP contribution >= 0.6 is 0 Å². The van der Waals surface area contributed by atoms with Crippen molar-refractivity contribution in [1.29, 1.82) is 0 Å². The van der Waals surface area contributed by atoms with E-state index in [1.165, 1.54) is 6.07 Å². The molecular weight excluding hydrogens is 212 g/mol. The Hall–Kier alpha value is -1.05. The number of hydrogen-bond acceptors (Lipinski definition) is 3. The molecule has 0 saturated heterocycles. The molecule has 0 atom stereocenters.